The molecule has 0 bridgehead atoms. The maximum atomic E-state index is 13.1. The van der Waals surface area contributed by atoms with E-state index in [1.165, 1.54) is 27.8 Å². The molecule has 2 aromatic rings. The highest BCUT2D eigenvalue weighted by molar-refractivity contribution is 7.91. The average molecular weight is 355 g/mol. The van der Waals surface area contributed by atoms with Crippen molar-refractivity contribution >= 4 is 21.4 Å². The molecule has 1 aromatic carbocycles. The SMILES string of the molecule is CC1(C)COC(c2ccc(F)cc2)CN1S(=O)(=O)c1cccs1. The fraction of sp³-hybridized carbons (Fsp3) is 0.375. The van der Waals surface area contributed by atoms with Crippen molar-refractivity contribution in [3.05, 3.63) is 53.2 Å². The standard InChI is InChI=1S/C16H18FNO3S2/c1-16(2)11-21-14(12-5-7-13(17)8-6-12)10-18(16)23(19,20)15-4-3-9-22-15/h3-9,14H,10-11H2,1-2H3. The Labute approximate surface area is 139 Å². The van der Waals surface area contributed by atoms with Crippen LogP contribution in [-0.2, 0) is 14.8 Å². The van der Waals surface area contributed by atoms with Crippen LogP contribution in [0.4, 0.5) is 4.39 Å². The summed E-state index contributed by atoms with van der Waals surface area (Å²) in [5, 5.41) is 1.75. The summed E-state index contributed by atoms with van der Waals surface area (Å²) in [6.45, 7) is 4.18. The van der Waals surface area contributed by atoms with Crippen molar-refractivity contribution in [1.29, 1.82) is 0 Å². The molecule has 23 heavy (non-hydrogen) atoms. The van der Waals surface area contributed by atoms with E-state index >= 15 is 0 Å². The predicted octanol–water partition coefficient (Wildman–Crippen LogP) is 3.43. The molecule has 7 heteroatoms. The Morgan fingerprint density at radius 1 is 1.26 bits per heavy atom. The largest absolute Gasteiger partial charge is 0.370 e. The van der Waals surface area contributed by atoms with E-state index in [1.807, 2.05) is 13.8 Å². The Morgan fingerprint density at radius 3 is 2.57 bits per heavy atom. The number of rotatable bonds is 3. The highest BCUT2D eigenvalue weighted by Gasteiger charge is 2.43. The predicted molar refractivity (Wildman–Crippen MR) is 87.4 cm³/mol. The molecule has 1 atom stereocenters. The van der Waals surface area contributed by atoms with Crippen LogP contribution in [0.3, 0.4) is 0 Å². The van der Waals surface area contributed by atoms with E-state index in [0.29, 0.717) is 4.21 Å². The smallest absolute Gasteiger partial charge is 0.253 e. The van der Waals surface area contributed by atoms with E-state index in [-0.39, 0.29) is 19.0 Å². The van der Waals surface area contributed by atoms with Gasteiger partial charge in [-0.15, -0.1) is 11.3 Å². The first-order chi connectivity index (χ1) is 10.8. The lowest BCUT2D eigenvalue weighted by molar-refractivity contribution is -0.0654. The second kappa shape index (κ2) is 5.98. The number of sulfonamides is 1. The third-order valence-electron chi connectivity index (χ3n) is 3.93. The zero-order valence-corrected chi connectivity index (χ0v) is 14.5. The maximum absolute atomic E-state index is 13.1. The molecule has 1 fully saturated rings. The highest BCUT2D eigenvalue weighted by Crippen LogP contribution is 2.35. The van der Waals surface area contributed by atoms with Crippen molar-refractivity contribution in [1.82, 2.24) is 4.31 Å². The fourth-order valence-corrected chi connectivity index (χ4v) is 5.52. The van der Waals surface area contributed by atoms with E-state index in [4.69, 9.17) is 4.74 Å². The quantitative estimate of drug-likeness (QED) is 0.847. The van der Waals surface area contributed by atoms with Crippen molar-refractivity contribution in [3.63, 3.8) is 0 Å². The number of hydrogen-bond donors (Lipinski definition) is 0. The van der Waals surface area contributed by atoms with Crippen LogP contribution in [0.1, 0.15) is 25.5 Å². The molecule has 2 heterocycles. The van der Waals surface area contributed by atoms with Gasteiger partial charge in [0.1, 0.15) is 10.0 Å². The topological polar surface area (TPSA) is 46.6 Å². The molecule has 0 spiro atoms. The van der Waals surface area contributed by atoms with Gasteiger partial charge in [0, 0.05) is 6.54 Å². The molecule has 1 aliphatic heterocycles. The molecule has 1 saturated heterocycles. The molecule has 0 radical (unpaired) electrons. The molecule has 0 saturated carbocycles. The molecule has 0 N–H and O–H groups in total. The lowest BCUT2D eigenvalue weighted by Crippen LogP contribution is -2.55. The number of morpholine rings is 1. The number of halogens is 1. The molecular formula is C16H18FNO3S2. The van der Waals surface area contributed by atoms with Gasteiger partial charge in [0.05, 0.1) is 18.2 Å². The maximum Gasteiger partial charge on any atom is 0.253 e. The molecule has 0 aliphatic carbocycles. The summed E-state index contributed by atoms with van der Waals surface area (Å²) in [5.74, 6) is -0.326. The molecule has 1 aromatic heterocycles. The van der Waals surface area contributed by atoms with E-state index in [9.17, 15) is 12.8 Å². The van der Waals surface area contributed by atoms with Gasteiger partial charge in [-0.05, 0) is 43.0 Å². The molecule has 124 valence electrons. The van der Waals surface area contributed by atoms with Gasteiger partial charge in [-0.1, -0.05) is 18.2 Å². The number of nitrogens with zero attached hydrogens (tertiary/aromatic N) is 1. The first-order valence-corrected chi connectivity index (χ1v) is 9.56. The van der Waals surface area contributed by atoms with E-state index in [0.717, 1.165) is 5.56 Å². The normalized spacial score (nSPS) is 22.1. The summed E-state index contributed by atoms with van der Waals surface area (Å²) in [6, 6.07) is 9.32. The minimum Gasteiger partial charge on any atom is -0.370 e. The van der Waals surface area contributed by atoms with Gasteiger partial charge in [-0.2, -0.15) is 4.31 Å². The van der Waals surface area contributed by atoms with Gasteiger partial charge in [0.25, 0.3) is 10.0 Å². The zero-order chi connectivity index (χ0) is 16.7. The fourth-order valence-electron chi connectivity index (χ4n) is 2.65. The lowest BCUT2D eigenvalue weighted by Gasteiger charge is -2.44. The molecule has 4 nitrogen and oxygen atoms in total. The molecule has 0 amide bonds. The van der Waals surface area contributed by atoms with Gasteiger partial charge >= 0.3 is 0 Å². The van der Waals surface area contributed by atoms with E-state index in [1.54, 1.807) is 29.6 Å². The zero-order valence-electron chi connectivity index (χ0n) is 12.9. The first kappa shape index (κ1) is 16.6. The van der Waals surface area contributed by atoms with Crippen molar-refractivity contribution in [3.8, 4) is 0 Å². The van der Waals surface area contributed by atoms with E-state index in [2.05, 4.69) is 0 Å². The number of benzene rings is 1. The van der Waals surface area contributed by atoms with Crippen LogP contribution >= 0.6 is 11.3 Å². The van der Waals surface area contributed by atoms with Crippen LogP contribution in [0.5, 0.6) is 0 Å². The highest BCUT2D eigenvalue weighted by atomic mass is 32.2. The van der Waals surface area contributed by atoms with Crippen molar-refractivity contribution in [2.24, 2.45) is 0 Å². The van der Waals surface area contributed by atoms with Gasteiger partial charge in [0.15, 0.2) is 0 Å². The van der Waals surface area contributed by atoms with Crippen LogP contribution in [0.15, 0.2) is 46.0 Å². The Hall–Kier alpha value is -1.28. The van der Waals surface area contributed by atoms with Crippen molar-refractivity contribution in [2.75, 3.05) is 13.2 Å². The minimum atomic E-state index is -3.58. The second-order valence-corrected chi connectivity index (χ2v) is 9.17. The van der Waals surface area contributed by atoms with Crippen molar-refractivity contribution in [2.45, 2.75) is 29.7 Å². The third-order valence-corrected chi connectivity index (χ3v) is 7.38. The summed E-state index contributed by atoms with van der Waals surface area (Å²) in [5.41, 5.74) is 0.132. The summed E-state index contributed by atoms with van der Waals surface area (Å²) < 4.78 is 46.6. The van der Waals surface area contributed by atoms with Crippen LogP contribution in [-0.4, -0.2) is 31.4 Å². The molecule has 1 aliphatic rings. The van der Waals surface area contributed by atoms with Crippen LogP contribution < -0.4 is 0 Å². The summed E-state index contributed by atoms with van der Waals surface area (Å²) in [4.78, 5) is 0. The third kappa shape index (κ3) is 3.19. The number of ether oxygens (including phenoxy) is 1. The summed E-state index contributed by atoms with van der Waals surface area (Å²) in [6.07, 6.45) is -0.404. The van der Waals surface area contributed by atoms with Crippen molar-refractivity contribution < 1.29 is 17.5 Å². The minimum absolute atomic E-state index is 0.207. The molecular weight excluding hydrogens is 337 g/mol. The molecule has 3 rings (SSSR count). The second-order valence-electron chi connectivity index (χ2n) is 6.13. The average Bonchev–Trinajstić information content (AvgIpc) is 3.03. The Kier molecular flexibility index (Phi) is 4.31. The van der Waals surface area contributed by atoms with Gasteiger partial charge in [-0.25, -0.2) is 12.8 Å². The summed E-state index contributed by atoms with van der Waals surface area (Å²) in [7, 11) is -3.58. The van der Waals surface area contributed by atoms with E-state index < -0.39 is 21.7 Å². The van der Waals surface area contributed by atoms with Gasteiger partial charge in [0.2, 0.25) is 0 Å². The van der Waals surface area contributed by atoms with Crippen LogP contribution in [0.25, 0.3) is 0 Å². The lowest BCUT2D eigenvalue weighted by atomic mass is 10.0. The molecule has 1 unspecified atom stereocenters. The summed E-state index contributed by atoms with van der Waals surface area (Å²) >= 11 is 1.20. The Morgan fingerprint density at radius 2 is 1.96 bits per heavy atom. The Balaban J connectivity index is 1.93. The van der Waals surface area contributed by atoms with Gasteiger partial charge in [-0.3, -0.25) is 0 Å². The monoisotopic (exact) mass is 355 g/mol. The number of thiophene rings is 1. The number of hydrogen-bond acceptors (Lipinski definition) is 4. The van der Waals surface area contributed by atoms with Gasteiger partial charge < -0.3 is 4.74 Å². The van der Waals surface area contributed by atoms with Crippen LogP contribution in [0, 0.1) is 5.82 Å². The Bertz CT molecular complexity index is 770. The first-order valence-electron chi connectivity index (χ1n) is 7.24. The van der Waals surface area contributed by atoms with Crippen LogP contribution in [0.2, 0.25) is 0 Å².